The molecule has 0 aromatic rings. The lowest BCUT2D eigenvalue weighted by molar-refractivity contribution is -0.140. The van der Waals surface area contributed by atoms with E-state index in [0.717, 1.165) is 25.3 Å². The van der Waals surface area contributed by atoms with Crippen molar-refractivity contribution in [2.75, 3.05) is 7.11 Å². The molecule has 0 radical (unpaired) electrons. The van der Waals surface area contributed by atoms with Crippen molar-refractivity contribution >= 4 is 12.0 Å². The Morgan fingerprint density at radius 1 is 1.50 bits per heavy atom. The summed E-state index contributed by atoms with van der Waals surface area (Å²) in [5, 5.41) is 5.40. The van der Waals surface area contributed by atoms with Crippen molar-refractivity contribution in [3.05, 3.63) is 0 Å². The van der Waals surface area contributed by atoms with Gasteiger partial charge in [0.1, 0.15) is 0 Å². The van der Waals surface area contributed by atoms with Crippen LogP contribution in [-0.4, -0.2) is 19.2 Å². The monoisotopic (exact) mass is 173 g/mol. The number of carbonyl (C=O) groups excluding carboxylic acids is 2. The number of isocyanates is 1. The van der Waals surface area contributed by atoms with Crippen LogP contribution in [0.4, 0.5) is 0 Å². The van der Waals surface area contributed by atoms with Gasteiger partial charge in [-0.1, -0.05) is 19.8 Å². The standard InChI is InChI=1S/C7H14O2.CHNO/c1-3-4-5-6-7(8)9-2;2-1-3/h3-6H2,1-2H3;2H. The van der Waals surface area contributed by atoms with E-state index in [4.69, 9.17) is 10.2 Å². The first kappa shape index (κ1) is 13.4. The van der Waals surface area contributed by atoms with Crippen molar-refractivity contribution in [2.24, 2.45) is 0 Å². The molecule has 1 N–H and O–H groups in total. The maximum Gasteiger partial charge on any atom is 0.305 e. The zero-order valence-electron chi connectivity index (χ0n) is 7.55. The molecule has 0 aliphatic rings. The van der Waals surface area contributed by atoms with Gasteiger partial charge in [0, 0.05) is 6.42 Å². The van der Waals surface area contributed by atoms with E-state index in [1.165, 1.54) is 7.11 Å². The highest BCUT2D eigenvalue weighted by Gasteiger charge is 1.96. The average molecular weight is 173 g/mol. The van der Waals surface area contributed by atoms with E-state index in [1.54, 1.807) is 0 Å². The van der Waals surface area contributed by atoms with Gasteiger partial charge in [0.15, 0.2) is 0 Å². The summed E-state index contributed by atoms with van der Waals surface area (Å²) in [5.41, 5.74) is 0. The van der Waals surface area contributed by atoms with Crippen LogP contribution < -0.4 is 0 Å². The fourth-order valence-electron chi connectivity index (χ4n) is 0.621. The lowest BCUT2D eigenvalue weighted by Gasteiger charge is -1.95. The van der Waals surface area contributed by atoms with Crippen molar-refractivity contribution in [1.82, 2.24) is 0 Å². The van der Waals surface area contributed by atoms with Crippen molar-refractivity contribution in [1.29, 1.82) is 5.41 Å². The van der Waals surface area contributed by atoms with E-state index in [9.17, 15) is 4.79 Å². The van der Waals surface area contributed by atoms with Gasteiger partial charge >= 0.3 is 5.97 Å². The van der Waals surface area contributed by atoms with Gasteiger partial charge in [0.25, 0.3) is 0 Å². The lowest BCUT2D eigenvalue weighted by atomic mass is 10.2. The summed E-state index contributed by atoms with van der Waals surface area (Å²) < 4.78 is 4.46. The maximum atomic E-state index is 10.5. The molecule has 0 saturated heterocycles. The first-order valence-corrected chi connectivity index (χ1v) is 3.83. The maximum absolute atomic E-state index is 10.5. The molecule has 70 valence electrons. The predicted molar refractivity (Wildman–Crippen MR) is 44.6 cm³/mol. The number of esters is 1. The molecule has 0 unspecified atom stereocenters. The number of unbranched alkanes of at least 4 members (excludes halogenated alkanes) is 2. The molecular formula is C8H15NO3. The Morgan fingerprint density at radius 2 is 2.00 bits per heavy atom. The van der Waals surface area contributed by atoms with Gasteiger partial charge in [0.2, 0.25) is 6.08 Å². The Morgan fingerprint density at radius 3 is 2.33 bits per heavy atom. The second-order valence-corrected chi connectivity index (χ2v) is 2.14. The third-order valence-electron chi connectivity index (χ3n) is 1.21. The molecule has 4 heteroatoms. The molecule has 4 nitrogen and oxygen atoms in total. The summed E-state index contributed by atoms with van der Waals surface area (Å²) in [5.74, 6) is -0.0940. The summed E-state index contributed by atoms with van der Waals surface area (Å²) >= 11 is 0. The van der Waals surface area contributed by atoms with Crippen LogP contribution in [0.1, 0.15) is 32.6 Å². The van der Waals surface area contributed by atoms with Crippen molar-refractivity contribution < 1.29 is 14.3 Å². The van der Waals surface area contributed by atoms with Crippen molar-refractivity contribution in [2.45, 2.75) is 32.6 Å². The summed E-state index contributed by atoms with van der Waals surface area (Å²) in [7, 11) is 1.42. The highest BCUT2D eigenvalue weighted by Crippen LogP contribution is 1.98. The van der Waals surface area contributed by atoms with Crippen LogP contribution in [0.3, 0.4) is 0 Å². The van der Waals surface area contributed by atoms with E-state index in [-0.39, 0.29) is 5.97 Å². The van der Waals surface area contributed by atoms with Gasteiger partial charge in [-0.2, -0.15) is 0 Å². The predicted octanol–water partition coefficient (Wildman–Crippen LogP) is 1.64. The van der Waals surface area contributed by atoms with Crippen LogP contribution in [0.5, 0.6) is 0 Å². The first-order valence-electron chi connectivity index (χ1n) is 3.83. The average Bonchev–Trinajstić information content (AvgIpc) is 2.06. The second-order valence-electron chi connectivity index (χ2n) is 2.14. The minimum Gasteiger partial charge on any atom is -0.469 e. The van der Waals surface area contributed by atoms with E-state index in [0.29, 0.717) is 6.42 Å². The normalized spacial score (nSPS) is 7.50. The molecule has 0 saturated carbocycles. The van der Waals surface area contributed by atoms with Gasteiger partial charge in [0.05, 0.1) is 7.11 Å². The first-order chi connectivity index (χ1) is 5.72. The molecule has 0 rings (SSSR count). The Kier molecular flexibility index (Phi) is 14.0. The molecule has 12 heavy (non-hydrogen) atoms. The largest absolute Gasteiger partial charge is 0.469 e. The van der Waals surface area contributed by atoms with E-state index >= 15 is 0 Å². The molecule has 0 heterocycles. The third kappa shape index (κ3) is 15.9. The number of ether oxygens (including phenoxy) is 1. The number of carbonyl (C=O) groups is 1. The van der Waals surface area contributed by atoms with Gasteiger partial charge in [-0.25, -0.2) is 10.2 Å². The molecule has 0 aromatic carbocycles. The SMILES string of the molecule is CCCCCC(=O)OC.N=C=O. The van der Waals surface area contributed by atoms with E-state index in [1.807, 2.05) is 0 Å². The van der Waals surface area contributed by atoms with Crippen molar-refractivity contribution in [3.63, 3.8) is 0 Å². The number of methoxy groups -OCH3 is 1. The number of hydrogen-bond donors (Lipinski definition) is 1. The topological polar surface area (TPSA) is 67.2 Å². The number of hydrogen-bond acceptors (Lipinski definition) is 4. The minimum absolute atomic E-state index is 0.0940. The van der Waals surface area contributed by atoms with Crippen LogP contribution in [0.15, 0.2) is 0 Å². The number of nitrogens with one attached hydrogen (secondary N) is 1. The van der Waals surface area contributed by atoms with Crippen LogP contribution in [0, 0.1) is 5.41 Å². The van der Waals surface area contributed by atoms with Gasteiger partial charge in [-0.15, -0.1) is 0 Å². The molecular weight excluding hydrogens is 158 g/mol. The summed E-state index contributed by atoms with van der Waals surface area (Å²) in [6.45, 7) is 2.11. The highest BCUT2D eigenvalue weighted by atomic mass is 16.5. The molecule has 0 fully saturated rings. The minimum atomic E-state index is -0.0940. The van der Waals surface area contributed by atoms with E-state index in [2.05, 4.69) is 11.7 Å². The second kappa shape index (κ2) is 12.5. The van der Waals surface area contributed by atoms with Gasteiger partial charge in [-0.3, -0.25) is 4.79 Å². The van der Waals surface area contributed by atoms with Gasteiger partial charge in [-0.05, 0) is 6.42 Å². The molecule has 0 aliphatic heterocycles. The smallest absolute Gasteiger partial charge is 0.305 e. The molecule has 0 aliphatic carbocycles. The quantitative estimate of drug-likeness (QED) is 0.304. The molecule has 0 spiro atoms. The zero-order valence-corrected chi connectivity index (χ0v) is 7.55. The van der Waals surface area contributed by atoms with E-state index < -0.39 is 0 Å². The zero-order chi connectivity index (χ0) is 9.82. The number of rotatable bonds is 4. The highest BCUT2D eigenvalue weighted by molar-refractivity contribution is 5.68. The molecule has 0 bridgehead atoms. The summed E-state index contributed by atoms with van der Waals surface area (Å²) in [6.07, 6.45) is 4.56. The summed E-state index contributed by atoms with van der Waals surface area (Å²) in [6, 6.07) is 0. The fourth-order valence-corrected chi connectivity index (χ4v) is 0.621. The van der Waals surface area contributed by atoms with Crippen LogP contribution in [-0.2, 0) is 14.3 Å². The molecule has 0 amide bonds. The fraction of sp³-hybridized carbons (Fsp3) is 0.750. The Labute approximate surface area is 72.4 Å². The Bertz CT molecular complexity index is 139. The lowest BCUT2D eigenvalue weighted by Crippen LogP contribution is -1.98. The Hall–Kier alpha value is -1.15. The van der Waals surface area contributed by atoms with Crippen LogP contribution in [0.2, 0.25) is 0 Å². The third-order valence-corrected chi connectivity index (χ3v) is 1.21. The van der Waals surface area contributed by atoms with Crippen LogP contribution in [0.25, 0.3) is 0 Å². The van der Waals surface area contributed by atoms with Crippen LogP contribution >= 0.6 is 0 Å². The summed E-state index contributed by atoms with van der Waals surface area (Å²) in [4.78, 5) is 18.8. The molecule has 0 atom stereocenters. The molecule has 0 aromatic heterocycles. The van der Waals surface area contributed by atoms with Crippen molar-refractivity contribution in [3.8, 4) is 0 Å². The van der Waals surface area contributed by atoms with Gasteiger partial charge < -0.3 is 4.74 Å². The Balaban J connectivity index is 0.